The van der Waals surface area contributed by atoms with Gasteiger partial charge in [-0.15, -0.1) is 11.3 Å². The maximum atomic E-state index is 13.8. The molecule has 200 valence electrons. The summed E-state index contributed by atoms with van der Waals surface area (Å²) in [6.07, 6.45) is 6.63. The van der Waals surface area contributed by atoms with E-state index in [1.54, 1.807) is 17.4 Å². The quantitative estimate of drug-likeness (QED) is 0.154. The fraction of sp³-hybridized carbons (Fsp3) is 0.281. The van der Waals surface area contributed by atoms with Crippen LogP contribution in [0.15, 0.2) is 72.8 Å². The first-order chi connectivity index (χ1) is 18.9. The van der Waals surface area contributed by atoms with E-state index in [4.69, 9.17) is 4.74 Å². The Labute approximate surface area is 232 Å². The van der Waals surface area contributed by atoms with Crippen molar-refractivity contribution >= 4 is 45.2 Å². The third kappa shape index (κ3) is 6.10. The van der Waals surface area contributed by atoms with Crippen molar-refractivity contribution in [2.24, 2.45) is 5.92 Å². The van der Waals surface area contributed by atoms with E-state index >= 15 is 0 Å². The van der Waals surface area contributed by atoms with E-state index in [1.165, 1.54) is 18.1 Å². The van der Waals surface area contributed by atoms with Gasteiger partial charge in [0.1, 0.15) is 0 Å². The molecule has 1 fully saturated rings. The van der Waals surface area contributed by atoms with Crippen LogP contribution in [-0.4, -0.2) is 29.1 Å². The number of ether oxygens (including phenoxy) is 1. The molecule has 1 amide bonds. The smallest absolute Gasteiger partial charge is 0.330 e. The van der Waals surface area contributed by atoms with Crippen molar-refractivity contribution in [1.29, 1.82) is 0 Å². The van der Waals surface area contributed by atoms with Gasteiger partial charge >= 0.3 is 5.97 Å². The molecule has 1 aliphatic carbocycles. The highest BCUT2D eigenvalue weighted by Gasteiger charge is 2.32. The van der Waals surface area contributed by atoms with E-state index in [1.807, 2.05) is 61.5 Å². The van der Waals surface area contributed by atoms with Crippen LogP contribution in [0.3, 0.4) is 0 Å². The molecule has 1 aliphatic rings. The number of amides is 1. The predicted molar refractivity (Wildman–Crippen MR) is 156 cm³/mol. The second-order valence-corrected chi connectivity index (χ2v) is 11.1. The predicted octanol–water partition coefficient (Wildman–Crippen LogP) is 7.06. The van der Waals surface area contributed by atoms with E-state index in [0.717, 1.165) is 64.0 Å². The van der Waals surface area contributed by atoms with Crippen molar-refractivity contribution in [3.8, 4) is 11.1 Å². The van der Waals surface area contributed by atoms with Crippen LogP contribution < -0.4 is 4.90 Å². The van der Waals surface area contributed by atoms with Gasteiger partial charge in [0.25, 0.3) is 0 Å². The van der Waals surface area contributed by atoms with Gasteiger partial charge in [0, 0.05) is 23.2 Å². The number of anilines is 1. The molecule has 1 N–H and O–H groups in total. The second-order valence-electron chi connectivity index (χ2n) is 9.91. The van der Waals surface area contributed by atoms with Gasteiger partial charge in [-0.3, -0.25) is 9.69 Å². The van der Waals surface area contributed by atoms with Gasteiger partial charge in [-0.2, -0.15) is 0 Å². The summed E-state index contributed by atoms with van der Waals surface area (Å²) in [6, 6.07) is 21.2. The molecule has 1 atom stereocenters. The van der Waals surface area contributed by atoms with Crippen LogP contribution in [-0.2, 0) is 14.3 Å². The summed E-state index contributed by atoms with van der Waals surface area (Å²) in [4.78, 5) is 31.5. The number of carbonyl (C=O) groups excluding carboxylic acids is 2. The minimum atomic E-state index is -1.15. The number of hydrogen-bond acceptors (Lipinski definition) is 6. The minimum Gasteiger partial charge on any atom is -0.466 e. The molecular weight excluding hydrogens is 508 g/mol. The molecule has 0 saturated heterocycles. The first kappa shape index (κ1) is 26.8. The lowest BCUT2D eigenvalue weighted by Gasteiger charge is -2.33. The van der Waals surface area contributed by atoms with Gasteiger partial charge in [-0.05, 0) is 66.8 Å². The zero-order valence-corrected chi connectivity index (χ0v) is 23.0. The Kier molecular flexibility index (Phi) is 8.19. The molecule has 1 saturated carbocycles. The first-order valence-electron chi connectivity index (χ1n) is 13.3. The van der Waals surface area contributed by atoms with Crippen molar-refractivity contribution in [2.45, 2.75) is 45.3 Å². The fourth-order valence-electron chi connectivity index (χ4n) is 5.16. The number of aliphatic hydroxyl groups excluding tert-OH is 1. The van der Waals surface area contributed by atoms with Crippen LogP contribution in [0.2, 0.25) is 0 Å². The summed E-state index contributed by atoms with van der Waals surface area (Å²) in [5, 5.41) is 12.6. The number of aromatic nitrogens is 1. The molecule has 0 spiro atoms. The Hall–Kier alpha value is -3.81. The van der Waals surface area contributed by atoms with Crippen molar-refractivity contribution in [3.05, 3.63) is 88.9 Å². The standard InChI is InChI=1S/C32H32N2O4S/c1-21-33-28-17-16-26(20-29(28)39-21)23-12-14-25(15-13-23)32(37)34(31(36)24-8-4-3-5-9-24)27-10-6-7-22(19-27)11-18-30(35)38-2/h6-7,10-20,24,32,37H,3-5,8-9H2,1-2H3/b18-11+. The van der Waals surface area contributed by atoms with E-state index in [2.05, 4.69) is 17.1 Å². The number of methoxy groups -OCH3 is 1. The molecule has 6 nitrogen and oxygen atoms in total. The number of thiazole rings is 1. The number of aryl methyl sites for hydroxylation is 1. The number of fused-ring (bicyclic) bond motifs is 1. The van der Waals surface area contributed by atoms with Crippen LogP contribution >= 0.6 is 11.3 Å². The lowest BCUT2D eigenvalue weighted by atomic mass is 9.88. The van der Waals surface area contributed by atoms with Gasteiger partial charge in [0.15, 0.2) is 6.23 Å². The molecule has 3 aromatic carbocycles. The summed E-state index contributed by atoms with van der Waals surface area (Å²) in [5.74, 6) is -0.664. The minimum absolute atomic E-state index is 0.0774. The molecule has 0 bridgehead atoms. The summed E-state index contributed by atoms with van der Waals surface area (Å²) < 4.78 is 5.83. The van der Waals surface area contributed by atoms with Crippen LogP contribution in [0.1, 0.15) is 54.5 Å². The van der Waals surface area contributed by atoms with Crippen molar-refractivity contribution in [1.82, 2.24) is 4.98 Å². The molecule has 1 unspecified atom stereocenters. The fourth-order valence-corrected chi connectivity index (χ4v) is 6.03. The topological polar surface area (TPSA) is 79.7 Å². The van der Waals surface area contributed by atoms with Crippen molar-refractivity contribution in [3.63, 3.8) is 0 Å². The molecule has 0 aliphatic heterocycles. The number of rotatable bonds is 7. The second kappa shape index (κ2) is 11.9. The largest absolute Gasteiger partial charge is 0.466 e. The lowest BCUT2D eigenvalue weighted by molar-refractivity contribution is -0.134. The SMILES string of the molecule is COC(=O)/C=C/c1cccc(N(C(=O)C2CCCCC2)C(O)c2ccc(-c3ccc4nc(C)sc4c3)cc2)c1. The average molecular weight is 541 g/mol. The number of nitrogens with zero attached hydrogens (tertiary/aromatic N) is 2. The molecule has 7 heteroatoms. The lowest BCUT2D eigenvalue weighted by Crippen LogP contribution is -2.40. The van der Waals surface area contributed by atoms with E-state index in [0.29, 0.717) is 11.3 Å². The Morgan fingerprint density at radius 3 is 2.51 bits per heavy atom. The normalized spacial score (nSPS) is 14.9. The third-order valence-electron chi connectivity index (χ3n) is 7.24. The highest BCUT2D eigenvalue weighted by molar-refractivity contribution is 7.18. The molecule has 0 radical (unpaired) electrons. The number of aliphatic hydroxyl groups is 1. The van der Waals surface area contributed by atoms with Crippen LogP contribution in [0.4, 0.5) is 5.69 Å². The summed E-state index contributed by atoms with van der Waals surface area (Å²) in [5.41, 5.74) is 5.05. The summed E-state index contributed by atoms with van der Waals surface area (Å²) in [6.45, 7) is 2.01. The molecular formula is C32H32N2O4S. The zero-order chi connectivity index (χ0) is 27.4. The summed E-state index contributed by atoms with van der Waals surface area (Å²) in [7, 11) is 1.33. The molecule has 39 heavy (non-hydrogen) atoms. The van der Waals surface area contributed by atoms with E-state index in [9.17, 15) is 14.7 Å². The van der Waals surface area contributed by atoms with Gasteiger partial charge in [-0.1, -0.05) is 61.7 Å². The highest BCUT2D eigenvalue weighted by atomic mass is 32.1. The van der Waals surface area contributed by atoms with Crippen LogP contribution in [0.5, 0.6) is 0 Å². The monoisotopic (exact) mass is 540 g/mol. The Bertz CT molecular complexity index is 1500. The van der Waals surface area contributed by atoms with Gasteiger partial charge in [0.05, 0.1) is 22.3 Å². The zero-order valence-electron chi connectivity index (χ0n) is 22.2. The Morgan fingerprint density at radius 2 is 1.77 bits per heavy atom. The van der Waals surface area contributed by atoms with Crippen LogP contribution in [0.25, 0.3) is 27.4 Å². The third-order valence-corrected chi connectivity index (χ3v) is 8.17. The molecule has 4 aromatic rings. The maximum absolute atomic E-state index is 13.8. The molecule has 5 rings (SSSR count). The van der Waals surface area contributed by atoms with Crippen LogP contribution in [0, 0.1) is 12.8 Å². The van der Waals surface area contributed by atoms with E-state index < -0.39 is 12.2 Å². The number of benzene rings is 3. The van der Waals surface area contributed by atoms with Gasteiger partial charge in [-0.25, -0.2) is 9.78 Å². The number of esters is 1. The number of hydrogen-bond donors (Lipinski definition) is 1. The Balaban J connectivity index is 1.45. The average Bonchev–Trinajstić information content (AvgIpc) is 3.36. The Morgan fingerprint density at radius 1 is 1.03 bits per heavy atom. The maximum Gasteiger partial charge on any atom is 0.330 e. The van der Waals surface area contributed by atoms with Crippen molar-refractivity contribution in [2.75, 3.05) is 12.0 Å². The first-order valence-corrected chi connectivity index (χ1v) is 14.1. The molecule has 1 aromatic heterocycles. The highest BCUT2D eigenvalue weighted by Crippen LogP contribution is 2.34. The van der Waals surface area contributed by atoms with Gasteiger partial charge in [0.2, 0.25) is 5.91 Å². The molecule has 1 heterocycles. The summed E-state index contributed by atoms with van der Waals surface area (Å²) >= 11 is 1.67. The number of carbonyl (C=O) groups is 2. The van der Waals surface area contributed by atoms with Gasteiger partial charge < -0.3 is 9.84 Å². The van der Waals surface area contributed by atoms with E-state index in [-0.39, 0.29) is 11.8 Å². The van der Waals surface area contributed by atoms with Crippen molar-refractivity contribution < 1.29 is 19.4 Å².